The van der Waals surface area contributed by atoms with Crippen molar-refractivity contribution in [3.05, 3.63) is 53.4 Å². The highest BCUT2D eigenvalue weighted by Gasteiger charge is 2.20. The van der Waals surface area contributed by atoms with Gasteiger partial charge in [-0.2, -0.15) is 0 Å². The van der Waals surface area contributed by atoms with Crippen molar-refractivity contribution < 1.29 is 13.9 Å². The first kappa shape index (κ1) is 21.5. The van der Waals surface area contributed by atoms with Gasteiger partial charge in [-0.25, -0.2) is 0 Å². The van der Waals surface area contributed by atoms with Crippen LogP contribution < -0.4 is 10.1 Å². The van der Waals surface area contributed by atoms with Crippen LogP contribution in [0.4, 0.5) is 0 Å². The molecule has 166 valence electrons. The van der Waals surface area contributed by atoms with E-state index in [1.165, 1.54) is 25.8 Å². The zero-order valence-corrected chi connectivity index (χ0v) is 18.8. The molecule has 6 heteroatoms. The average molecular weight is 424 g/mol. The molecule has 31 heavy (non-hydrogen) atoms. The highest BCUT2D eigenvalue weighted by Crippen LogP contribution is 2.25. The largest absolute Gasteiger partial charge is 0.497 e. The maximum atomic E-state index is 13.0. The molecule has 3 aromatic rings. The van der Waals surface area contributed by atoms with E-state index >= 15 is 0 Å². The molecule has 3 heterocycles. The second-order valence-corrected chi connectivity index (χ2v) is 8.56. The molecule has 2 aromatic heterocycles. The fraction of sp³-hybridized carbons (Fsp3) is 0.480. The van der Waals surface area contributed by atoms with E-state index < -0.39 is 0 Å². The summed E-state index contributed by atoms with van der Waals surface area (Å²) in [6.07, 6.45) is 4.86. The van der Waals surface area contributed by atoms with Crippen LogP contribution in [-0.4, -0.2) is 48.2 Å². The summed E-state index contributed by atoms with van der Waals surface area (Å²) in [5.41, 5.74) is 3.43. The van der Waals surface area contributed by atoms with Gasteiger partial charge in [-0.1, -0.05) is 18.6 Å². The summed E-state index contributed by atoms with van der Waals surface area (Å²) in [6.45, 7) is 7.72. The Kier molecular flexibility index (Phi) is 6.66. The van der Waals surface area contributed by atoms with E-state index in [-0.39, 0.29) is 5.91 Å². The van der Waals surface area contributed by atoms with Crippen LogP contribution in [0.3, 0.4) is 0 Å². The van der Waals surface area contributed by atoms with E-state index in [0.717, 1.165) is 41.1 Å². The molecule has 6 nitrogen and oxygen atoms in total. The fourth-order valence-corrected chi connectivity index (χ4v) is 4.50. The molecule has 1 saturated heterocycles. The molecule has 0 spiro atoms. The van der Waals surface area contributed by atoms with Gasteiger partial charge in [-0.05, 0) is 57.4 Å². The number of carbonyl (C=O) groups excluding carboxylic acids is 1. The fourth-order valence-electron chi connectivity index (χ4n) is 4.50. The number of rotatable bonds is 8. The Labute approximate surface area is 184 Å². The Morgan fingerprint density at radius 3 is 2.77 bits per heavy atom. The summed E-state index contributed by atoms with van der Waals surface area (Å²) < 4.78 is 13.1. The third-order valence-electron chi connectivity index (χ3n) is 6.29. The van der Waals surface area contributed by atoms with Crippen LogP contribution in [0.25, 0.3) is 11.1 Å². The summed E-state index contributed by atoms with van der Waals surface area (Å²) >= 11 is 0. The lowest BCUT2D eigenvalue weighted by Gasteiger charge is -2.33. The number of likely N-dealkylation sites (tertiary alicyclic amines) is 1. The van der Waals surface area contributed by atoms with Gasteiger partial charge in [0.2, 0.25) is 0 Å². The third-order valence-corrected chi connectivity index (χ3v) is 6.29. The summed E-state index contributed by atoms with van der Waals surface area (Å²) in [4.78, 5) is 15.6. The monoisotopic (exact) mass is 423 g/mol. The molecule has 1 unspecified atom stereocenters. The highest BCUT2D eigenvalue weighted by molar-refractivity contribution is 5.97. The molecule has 0 saturated carbocycles. The predicted molar refractivity (Wildman–Crippen MR) is 123 cm³/mol. The Morgan fingerprint density at radius 2 is 2.03 bits per heavy atom. The van der Waals surface area contributed by atoms with Gasteiger partial charge < -0.3 is 23.9 Å². The van der Waals surface area contributed by atoms with Crippen LogP contribution in [0.1, 0.15) is 54.4 Å². The van der Waals surface area contributed by atoms with Crippen molar-refractivity contribution in [1.82, 2.24) is 14.8 Å². The molecule has 0 bridgehead atoms. The first-order valence-corrected chi connectivity index (χ1v) is 11.3. The summed E-state index contributed by atoms with van der Waals surface area (Å²) in [6, 6.07) is 12.4. The lowest BCUT2D eigenvalue weighted by molar-refractivity contribution is 0.0940. The van der Waals surface area contributed by atoms with Crippen molar-refractivity contribution in [3.63, 3.8) is 0 Å². The third kappa shape index (κ3) is 4.96. The Hall–Kier alpha value is -2.73. The number of fused-ring (bicyclic) bond motifs is 1. The second-order valence-electron chi connectivity index (χ2n) is 8.56. The molecular weight excluding hydrogens is 390 g/mol. The van der Waals surface area contributed by atoms with Crippen molar-refractivity contribution >= 4 is 17.0 Å². The van der Waals surface area contributed by atoms with Gasteiger partial charge in [0.15, 0.2) is 5.58 Å². The van der Waals surface area contributed by atoms with Gasteiger partial charge in [0.05, 0.1) is 12.6 Å². The standard InChI is InChI=1S/C25H33N3O3/c1-18-7-4-5-13-27(18)14-6-12-26-25(29)23-16-24-22(15-19(2)31-24)28(23)17-20-8-10-21(30-3)11-9-20/h8-11,15-16,18H,4-7,12-14,17H2,1-3H3,(H,26,29). The van der Waals surface area contributed by atoms with E-state index in [9.17, 15) is 4.79 Å². The maximum Gasteiger partial charge on any atom is 0.268 e. The number of amides is 1. The molecule has 1 amide bonds. The van der Waals surface area contributed by atoms with E-state index in [1.54, 1.807) is 7.11 Å². The minimum Gasteiger partial charge on any atom is -0.497 e. The maximum absolute atomic E-state index is 13.0. The summed E-state index contributed by atoms with van der Waals surface area (Å²) in [5, 5.41) is 3.12. The molecule has 1 aliphatic heterocycles. The quantitative estimate of drug-likeness (QED) is 0.538. The van der Waals surface area contributed by atoms with Crippen molar-refractivity contribution in [2.45, 2.75) is 52.1 Å². The van der Waals surface area contributed by atoms with E-state index in [4.69, 9.17) is 9.15 Å². The predicted octanol–water partition coefficient (Wildman–Crippen LogP) is 4.59. The van der Waals surface area contributed by atoms with Crippen LogP contribution >= 0.6 is 0 Å². The number of nitrogens with zero attached hydrogens (tertiary/aromatic N) is 2. The lowest BCUT2D eigenvalue weighted by Crippen LogP contribution is -2.39. The Bertz CT molecular complexity index is 1020. The van der Waals surface area contributed by atoms with Crippen LogP contribution in [0.2, 0.25) is 0 Å². The molecule has 1 atom stereocenters. The van der Waals surface area contributed by atoms with Gasteiger partial charge in [-0.3, -0.25) is 4.79 Å². The number of hydrogen-bond donors (Lipinski definition) is 1. The van der Waals surface area contributed by atoms with Gasteiger partial charge in [-0.15, -0.1) is 0 Å². The molecular formula is C25H33N3O3. The molecule has 1 N–H and O–H groups in total. The molecule has 1 fully saturated rings. The van der Waals surface area contributed by atoms with Gasteiger partial charge in [0, 0.05) is 37.8 Å². The molecule has 1 aromatic carbocycles. The van der Waals surface area contributed by atoms with E-state index in [2.05, 4.69) is 17.1 Å². The second kappa shape index (κ2) is 9.60. The number of methoxy groups -OCH3 is 1. The lowest BCUT2D eigenvalue weighted by atomic mass is 10.0. The van der Waals surface area contributed by atoms with Gasteiger partial charge >= 0.3 is 0 Å². The Balaban J connectivity index is 1.44. The molecule has 0 aliphatic carbocycles. The van der Waals surface area contributed by atoms with Crippen LogP contribution in [0.15, 0.2) is 40.8 Å². The highest BCUT2D eigenvalue weighted by atomic mass is 16.5. The SMILES string of the molecule is COc1ccc(Cn2c(C(=O)NCCCN3CCCCC3C)cc3oc(C)cc32)cc1. The van der Waals surface area contributed by atoms with Crippen LogP contribution in [0, 0.1) is 6.92 Å². The van der Waals surface area contributed by atoms with Gasteiger partial charge in [0.25, 0.3) is 5.91 Å². The number of aryl methyl sites for hydroxylation is 1. The van der Waals surface area contributed by atoms with E-state index in [0.29, 0.717) is 24.8 Å². The van der Waals surface area contributed by atoms with Gasteiger partial charge in [0.1, 0.15) is 17.2 Å². The minimum absolute atomic E-state index is 0.0516. The number of piperidine rings is 1. The number of furan rings is 1. The number of benzene rings is 1. The Morgan fingerprint density at radius 1 is 1.23 bits per heavy atom. The van der Waals surface area contributed by atoms with Crippen LogP contribution in [-0.2, 0) is 6.54 Å². The number of aromatic nitrogens is 1. The molecule has 0 radical (unpaired) electrons. The number of carbonyl (C=O) groups is 1. The number of ether oxygens (including phenoxy) is 1. The number of hydrogen-bond acceptors (Lipinski definition) is 4. The van der Waals surface area contributed by atoms with Crippen molar-refractivity contribution in [3.8, 4) is 5.75 Å². The minimum atomic E-state index is -0.0516. The zero-order chi connectivity index (χ0) is 21.8. The van der Waals surface area contributed by atoms with E-state index in [1.807, 2.05) is 47.9 Å². The normalized spacial score (nSPS) is 17.2. The molecule has 1 aliphatic rings. The van der Waals surface area contributed by atoms with Crippen molar-refractivity contribution in [1.29, 1.82) is 0 Å². The summed E-state index contributed by atoms with van der Waals surface area (Å²) in [7, 11) is 1.66. The summed E-state index contributed by atoms with van der Waals surface area (Å²) in [5.74, 6) is 1.61. The zero-order valence-electron chi connectivity index (χ0n) is 18.8. The van der Waals surface area contributed by atoms with Crippen molar-refractivity contribution in [2.75, 3.05) is 26.7 Å². The smallest absolute Gasteiger partial charge is 0.268 e. The van der Waals surface area contributed by atoms with Crippen molar-refractivity contribution in [2.24, 2.45) is 0 Å². The number of nitrogens with one attached hydrogen (secondary N) is 1. The molecule has 4 rings (SSSR count). The first-order chi connectivity index (χ1) is 15.0. The first-order valence-electron chi connectivity index (χ1n) is 11.3. The topological polar surface area (TPSA) is 59.6 Å². The average Bonchev–Trinajstić information content (AvgIpc) is 3.29. The van der Waals surface area contributed by atoms with Crippen LogP contribution in [0.5, 0.6) is 5.75 Å².